The standard InChI is InChI=1S/C21H23FN2O/c1-15(23-24-21(25)19-9-5-6-10-20(19)22)16-11-13-18(14-12-16)17-7-3-2-4-8-17/h5-6,9-14,17H,2-4,7-8H2,1H3,(H,24,25)/b23-15+. The van der Waals surface area contributed by atoms with Gasteiger partial charge >= 0.3 is 0 Å². The van der Waals surface area contributed by atoms with Crippen LogP contribution in [0.1, 0.15) is 66.4 Å². The van der Waals surface area contributed by atoms with Crippen molar-refractivity contribution >= 4 is 11.6 Å². The van der Waals surface area contributed by atoms with E-state index in [1.54, 1.807) is 12.1 Å². The summed E-state index contributed by atoms with van der Waals surface area (Å²) in [5.74, 6) is -0.429. The number of nitrogens with one attached hydrogen (secondary N) is 1. The smallest absolute Gasteiger partial charge is 0.267 e. The molecule has 0 saturated heterocycles. The molecule has 3 rings (SSSR count). The van der Waals surface area contributed by atoms with Gasteiger partial charge in [0, 0.05) is 0 Å². The van der Waals surface area contributed by atoms with Crippen molar-refractivity contribution in [3.05, 3.63) is 71.0 Å². The lowest BCUT2D eigenvalue weighted by atomic mass is 9.84. The second kappa shape index (κ2) is 8.06. The maximum Gasteiger partial charge on any atom is 0.274 e. The first-order valence-electron chi connectivity index (χ1n) is 8.84. The van der Waals surface area contributed by atoms with Gasteiger partial charge in [0.15, 0.2) is 0 Å². The van der Waals surface area contributed by atoms with Crippen molar-refractivity contribution in [1.82, 2.24) is 5.43 Å². The number of nitrogens with zero attached hydrogens (tertiary/aromatic N) is 1. The van der Waals surface area contributed by atoms with Gasteiger partial charge in [-0.15, -0.1) is 0 Å². The van der Waals surface area contributed by atoms with Gasteiger partial charge < -0.3 is 0 Å². The number of hydrogen-bond donors (Lipinski definition) is 1. The van der Waals surface area contributed by atoms with Crippen LogP contribution in [0.2, 0.25) is 0 Å². The van der Waals surface area contributed by atoms with E-state index >= 15 is 0 Å². The molecule has 0 atom stereocenters. The van der Waals surface area contributed by atoms with Gasteiger partial charge in [-0.05, 0) is 48.9 Å². The molecule has 0 aromatic heterocycles. The summed E-state index contributed by atoms with van der Waals surface area (Å²) in [6.07, 6.45) is 6.52. The summed E-state index contributed by atoms with van der Waals surface area (Å²) in [7, 11) is 0. The van der Waals surface area contributed by atoms with Crippen LogP contribution in [0.25, 0.3) is 0 Å². The Morgan fingerprint density at radius 1 is 1.04 bits per heavy atom. The fraction of sp³-hybridized carbons (Fsp3) is 0.333. The van der Waals surface area contributed by atoms with Gasteiger partial charge in [0.1, 0.15) is 5.82 Å². The van der Waals surface area contributed by atoms with Crippen molar-refractivity contribution in [1.29, 1.82) is 0 Å². The molecule has 1 saturated carbocycles. The molecule has 0 spiro atoms. The second-order valence-electron chi connectivity index (χ2n) is 6.57. The average Bonchev–Trinajstić information content (AvgIpc) is 2.67. The predicted octanol–water partition coefficient (Wildman–Crippen LogP) is 5.03. The van der Waals surface area contributed by atoms with Crippen molar-refractivity contribution in [2.45, 2.75) is 44.9 Å². The van der Waals surface area contributed by atoms with E-state index in [1.807, 2.05) is 19.1 Å². The molecular weight excluding hydrogens is 315 g/mol. The molecule has 1 aliphatic carbocycles. The summed E-state index contributed by atoms with van der Waals surface area (Å²) < 4.78 is 13.6. The van der Waals surface area contributed by atoms with Crippen LogP contribution in [0.3, 0.4) is 0 Å². The number of carbonyl (C=O) groups excluding carboxylic acids is 1. The molecule has 2 aromatic carbocycles. The van der Waals surface area contributed by atoms with Gasteiger partial charge in [-0.25, -0.2) is 9.82 Å². The second-order valence-corrected chi connectivity index (χ2v) is 6.57. The Morgan fingerprint density at radius 3 is 2.40 bits per heavy atom. The largest absolute Gasteiger partial charge is 0.274 e. The zero-order valence-electron chi connectivity index (χ0n) is 14.5. The molecule has 0 heterocycles. The number of rotatable bonds is 4. The summed E-state index contributed by atoms with van der Waals surface area (Å²) in [5, 5.41) is 4.10. The van der Waals surface area contributed by atoms with Crippen LogP contribution in [0.4, 0.5) is 4.39 Å². The van der Waals surface area contributed by atoms with E-state index in [0.717, 1.165) is 5.56 Å². The number of amides is 1. The minimum atomic E-state index is -0.551. The van der Waals surface area contributed by atoms with Gasteiger partial charge in [0.05, 0.1) is 11.3 Å². The predicted molar refractivity (Wildman–Crippen MR) is 98.3 cm³/mol. The van der Waals surface area contributed by atoms with Crippen molar-refractivity contribution in [2.24, 2.45) is 5.10 Å². The first-order valence-corrected chi connectivity index (χ1v) is 8.84. The molecule has 0 radical (unpaired) electrons. The van der Waals surface area contributed by atoms with Crippen LogP contribution in [0.15, 0.2) is 53.6 Å². The highest BCUT2D eigenvalue weighted by molar-refractivity contribution is 6.00. The highest BCUT2D eigenvalue weighted by Crippen LogP contribution is 2.32. The molecule has 1 amide bonds. The third-order valence-electron chi connectivity index (χ3n) is 4.85. The molecule has 3 nitrogen and oxygen atoms in total. The van der Waals surface area contributed by atoms with E-state index in [1.165, 1.54) is 49.8 Å². The van der Waals surface area contributed by atoms with E-state index < -0.39 is 11.7 Å². The summed E-state index contributed by atoms with van der Waals surface area (Å²) in [6, 6.07) is 14.3. The maximum absolute atomic E-state index is 13.6. The summed E-state index contributed by atoms with van der Waals surface area (Å²) in [5.41, 5.74) is 5.45. The molecule has 1 aliphatic rings. The van der Waals surface area contributed by atoms with E-state index in [9.17, 15) is 9.18 Å². The lowest BCUT2D eigenvalue weighted by Crippen LogP contribution is -2.20. The van der Waals surface area contributed by atoms with Gasteiger partial charge in [0.2, 0.25) is 0 Å². The molecular formula is C21H23FN2O. The molecule has 130 valence electrons. The number of carbonyl (C=O) groups is 1. The average molecular weight is 338 g/mol. The minimum absolute atomic E-state index is 0.00769. The van der Waals surface area contributed by atoms with Crippen molar-refractivity contribution in [3.63, 3.8) is 0 Å². The number of benzene rings is 2. The molecule has 2 aromatic rings. The van der Waals surface area contributed by atoms with Gasteiger partial charge in [-0.1, -0.05) is 55.7 Å². The van der Waals surface area contributed by atoms with Gasteiger partial charge in [0.25, 0.3) is 5.91 Å². The summed E-state index contributed by atoms with van der Waals surface area (Å²) in [6.45, 7) is 1.83. The third-order valence-corrected chi connectivity index (χ3v) is 4.85. The van der Waals surface area contributed by atoms with Crippen LogP contribution in [-0.2, 0) is 0 Å². The molecule has 0 aliphatic heterocycles. The molecule has 0 bridgehead atoms. The van der Waals surface area contributed by atoms with E-state index in [0.29, 0.717) is 11.6 Å². The number of hydrogen-bond acceptors (Lipinski definition) is 2. The number of halogens is 1. The maximum atomic E-state index is 13.6. The molecule has 1 N–H and O–H groups in total. The Balaban J connectivity index is 1.66. The minimum Gasteiger partial charge on any atom is -0.267 e. The van der Waals surface area contributed by atoms with Crippen LogP contribution in [-0.4, -0.2) is 11.6 Å². The van der Waals surface area contributed by atoms with Crippen LogP contribution in [0, 0.1) is 5.82 Å². The van der Waals surface area contributed by atoms with Gasteiger partial charge in [-0.3, -0.25) is 4.79 Å². The Labute approximate surface area is 148 Å². The molecule has 0 unspecified atom stereocenters. The van der Waals surface area contributed by atoms with Crippen LogP contribution >= 0.6 is 0 Å². The quantitative estimate of drug-likeness (QED) is 0.617. The highest BCUT2D eigenvalue weighted by Gasteiger charge is 2.15. The number of hydrazone groups is 1. The van der Waals surface area contributed by atoms with Crippen molar-refractivity contribution in [2.75, 3.05) is 0 Å². The van der Waals surface area contributed by atoms with Crippen LogP contribution in [0.5, 0.6) is 0 Å². The van der Waals surface area contributed by atoms with Crippen molar-refractivity contribution in [3.8, 4) is 0 Å². The molecule has 25 heavy (non-hydrogen) atoms. The van der Waals surface area contributed by atoms with E-state index in [2.05, 4.69) is 22.7 Å². The molecule has 4 heteroatoms. The zero-order valence-corrected chi connectivity index (χ0v) is 14.5. The fourth-order valence-corrected chi connectivity index (χ4v) is 3.34. The topological polar surface area (TPSA) is 41.5 Å². The molecule has 1 fully saturated rings. The Bertz CT molecular complexity index is 762. The highest BCUT2D eigenvalue weighted by atomic mass is 19.1. The lowest BCUT2D eigenvalue weighted by Gasteiger charge is -2.22. The first-order chi connectivity index (χ1) is 12.1. The lowest BCUT2D eigenvalue weighted by molar-refractivity contribution is 0.0951. The van der Waals surface area contributed by atoms with E-state index in [-0.39, 0.29) is 5.56 Å². The zero-order chi connectivity index (χ0) is 17.6. The Morgan fingerprint density at radius 2 is 1.72 bits per heavy atom. The monoisotopic (exact) mass is 338 g/mol. The SMILES string of the molecule is C/C(=N\NC(=O)c1ccccc1F)c1ccc(C2CCCCC2)cc1. The van der Waals surface area contributed by atoms with Gasteiger partial charge in [-0.2, -0.15) is 5.10 Å². The normalized spacial score (nSPS) is 15.8. The Kier molecular flexibility index (Phi) is 5.59. The fourth-order valence-electron chi connectivity index (χ4n) is 3.34. The van der Waals surface area contributed by atoms with E-state index in [4.69, 9.17) is 0 Å². The Hall–Kier alpha value is -2.49. The third kappa shape index (κ3) is 4.32. The summed E-state index contributed by atoms with van der Waals surface area (Å²) in [4.78, 5) is 12.0. The van der Waals surface area contributed by atoms with Crippen LogP contribution < -0.4 is 5.43 Å². The van der Waals surface area contributed by atoms with Crippen molar-refractivity contribution < 1.29 is 9.18 Å². The first kappa shape index (κ1) is 17.3. The summed E-state index contributed by atoms with van der Waals surface area (Å²) >= 11 is 0.